The number of nitrogens with one attached hydrogen (secondary N) is 1. The molecule has 4 rings (SSSR count). The van der Waals surface area contributed by atoms with Gasteiger partial charge >= 0.3 is 0 Å². The van der Waals surface area contributed by atoms with Crippen molar-refractivity contribution in [2.45, 2.75) is 5.92 Å². The second-order valence-corrected chi connectivity index (χ2v) is 7.12. The number of allylic oxidation sites excluding steroid dienone is 1. The summed E-state index contributed by atoms with van der Waals surface area (Å²) in [6, 6.07) is 17.1. The Morgan fingerprint density at radius 2 is 1.77 bits per heavy atom. The van der Waals surface area contributed by atoms with Gasteiger partial charge in [0.25, 0.3) is 0 Å². The number of aromatic nitrogens is 1. The highest BCUT2D eigenvalue weighted by atomic mass is 32.1. The molecule has 0 fully saturated rings. The molecular weight excluding hydrogens is 306 g/mol. The number of thiophene rings is 2. The molecule has 1 aromatic carbocycles. The summed E-state index contributed by atoms with van der Waals surface area (Å²) < 4.78 is 0. The van der Waals surface area contributed by atoms with E-state index in [1.54, 1.807) is 11.3 Å². The van der Waals surface area contributed by atoms with Gasteiger partial charge in [-0.2, -0.15) is 0 Å². The van der Waals surface area contributed by atoms with Crippen molar-refractivity contribution in [3.8, 4) is 0 Å². The topological polar surface area (TPSA) is 15.8 Å². The molecule has 22 heavy (non-hydrogen) atoms. The predicted octanol–water partition coefficient (Wildman–Crippen LogP) is 6.14. The van der Waals surface area contributed by atoms with Crippen LogP contribution < -0.4 is 0 Å². The van der Waals surface area contributed by atoms with Crippen molar-refractivity contribution in [3.63, 3.8) is 0 Å². The van der Waals surface area contributed by atoms with Gasteiger partial charge in [0.15, 0.2) is 0 Å². The molecule has 0 aliphatic carbocycles. The third-order valence-corrected chi connectivity index (χ3v) is 5.60. The van der Waals surface area contributed by atoms with Crippen molar-refractivity contribution in [3.05, 3.63) is 86.9 Å². The maximum absolute atomic E-state index is 3.40. The maximum Gasteiger partial charge on any atom is 0.0457 e. The van der Waals surface area contributed by atoms with E-state index >= 15 is 0 Å². The quantitative estimate of drug-likeness (QED) is 0.465. The summed E-state index contributed by atoms with van der Waals surface area (Å²) in [4.78, 5) is 6.06. The molecule has 3 aromatic heterocycles. The first-order chi connectivity index (χ1) is 10.9. The Morgan fingerprint density at radius 1 is 0.909 bits per heavy atom. The molecule has 4 aromatic rings. The van der Waals surface area contributed by atoms with E-state index < -0.39 is 0 Å². The third-order valence-electron chi connectivity index (χ3n) is 3.80. The van der Waals surface area contributed by atoms with Gasteiger partial charge in [-0.3, -0.25) is 0 Å². The number of para-hydroxylation sites is 1. The van der Waals surface area contributed by atoms with Crippen molar-refractivity contribution in [2.75, 3.05) is 0 Å². The first kappa shape index (κ1) is 13.6. The molecule has 0 radical (unpaired) electrons. The Hall–Kier alpha value is -2.10. The lowest BCUT2D eigenvalue weighted by atomic mass is 9.96. The van der Waals surface area contributed by atoms with Gasteiger partial charge in [0.1, 0.15) is 0 Å². The fourth-order valence-corrected chi connectivity index (χ4v) is 4.20. The van der Waals surface area contributed by atoms with E-state index in [-0.39, 0.29) is 0 Å². The van der Waals surface area contributed by atoms with Gasteiger partial charge < -0.3 is 4.98 Å². The number of aromatic amines is 1. The zero-order valence-electron chi connectivity index (χ0n) is 11.9. The van der Waals surface area contributed by atoms with Crippen LogP contribution >= 0.6 is 22.7 Å². The molecule has 0 saturated carbocycles. The first-order valence-corrected chi connectivity index (χ1v) is 8.99. The van der Waals surface area contributed by atoms with Crippen LogP contribution in [-0.2, 0) is 0 Å². The van der Waals surface area contributed by atoms with Crippen LogP contribution in [0.2, 0.25) is 0 Å². The third kappa shape index (κ3) is 2.54. The second-order valence-electron chi connectivity index (χ2n) is 5.16. The molecule has 0 amide bonds. The Kier molecular flexibility index (Phi) is 3.67. The normalized spacial score (nSPS) is 13.1. The summed E-state index contributed by atoms with van der Waals surface area (Å²) in [5.41, 5.74) is 2.54. The lowest BCUT2D eigenvalue weighted by Crippen LogP contribution is -1.93. The minimum Gasteiger partial charge on any atom is -0.361 e. The lowest BCUT2D eigenvalue weighted by molar-refractivity contribution is 1.08. The van der Waals surface area contributed by atoms with E-state index in [1.165, 1.54) is 26.2 Å². The average molecular weight is 321 g/mol. The van der Waals surface area contributed by atoms with Crippen LogP contribution in [0.3, 0.4) is 0 Å². The molecule has 0 saturated heterocycles. The van der Waals surface area contributed by atoms with Crippen molar-refractivity contribution in [2.24, 2.45) is 0 Å². The van der Waals surface area contributed by atoms with Crippen LogP contribution in [0, 0.1) is 0 Å². The summed E-state index contributed by atoms with van der Waals surface area (Å²) in [5, 5.41) is 5.57. The lowest BCUT2D eigenvalue weighted by Gasteiger charge is -2.10. The number of hydrogen-bond acceptors (Lipinski definition) is 2. The molecule has 0 bridgehead atoms. The predicted molar refractivity (Wildman–Crippen MR) is 97.8 cm³/mol. The van der Waals surface area contributed by atoms with Gasteiger partial charge in [0.2, 0.25) is 0 Å². The minimum absolute atomic E-state index is 0.290. The zero-order valence-corrected chi connectivity index (χ0v) is 13.5. The van der Waals surface area contributed by atoms with Crippen molar-refractivity contribution >= 4 is 39.7 Å². The van der Waals surface area contributed by atoms with Gasteiger partial charge in [0, 0.05) is 32.8 Å². The molecule has 3 heteroatoms. The van der Waals surface area contributed by atoms with Crippen molar-refractivity contribution in [1.82, 2.24) is 4.98 Å². The van der Waals surface area contributed by atoms with Crippen LogP contribution in [0.5, 0.6) is 0 Å². The number of benzene rings is 1. The number of fused-ring (bicyclic) bond motifs is 1. The molecule has 1 N–H and O–H groups in total. The average Bonchev–Trinajstić information content (AvgIpc) is 3.30. The molecular formula is C19H15NS2. The fourth-order valence-electron chi connectivity index (χ4n) is 2.75. The van der Waals surface area contributed by atoms with Crippen LogP contribution in [0.15, 0.2) is 71.6 Å². The molecule has 3 heterocycles. The molecule has 108 valence electrons. The van der Waals surface area contributed by atoms with Gasteiger partial charge in [0.05, 0.1) is 0 Å². The molecule has 0 aliphatic heterocycles. The largest absolute Gasteiger partial charge is 0.361 e. The van der Waals surface area contributed by atoms with E-state index in [4.69, 9.17) is 0 Å². The SMILES string of the molecule is C(=C\C(c1cccs1)c1c[nH]c2ccccc12)/c1cccs1. The van der Waals surface area contributed by atoms with Crippen LogP contribution in [-0.4, -0.2) is 4.98 Å². The van der Waals surface area contributed by atoms with E-state index in [0.29, 0.717) is 5.92 Å². The summed E-state index contributed by atoms with van der Waals surface area (Å²) in [5.74, 6) is 0.290. The number of hydrogen-bond donors (Lipinski definition) is 1. The first-order valence-electron chi connectivity index (χ1n) is 7.23. The highest BCUT2D eigenvalue weighted by Gasteiger charge is 2.16. The highest BCUT2D eigenvalue weighted by molar-refractivity contribution is 7.11. The smallest absolute Gasteiger partial charge is 0.0457 e. The van der Waals surface area contributed by atoms with Gasteiger partial charge in [-0.05, 0) is 40.6 Å². The highest BCUT2D eigenvalue weighted by Crippen LogP contribution is 2.34. The number of H-pyrrole nitrogens is 1. The standard InChI is InChI=1S/C19H15NS2/c1-2-7-18-15(6-1)17(13-20-18)16(19-8-4-12-22-19)10-9-14-5-3-11-21-14/h1-13,16,20H/b10-9+. The maximum atomic E-state index is 3.40. The van der Waals surface area contributed by atoms with E-state index in [9.17, 15) is 0 Å². The monoisotopic (exact) mass is 321 g/mol. The zero-order chi connectivity index (χ0) is 14.8. The Morgan fingerprint density at radius 3 is 2.59 bits per heavy atom. The summed E-state index contributed by atoms with van der Waals surface area (Å²) in [6.07, 6.45) is 6.69. The number of rotatable bonds is 4. The van der Waals surface area contributed by atoms with E-state index in [1.807, 2.05) is 11.3 Å². The van der Waals surface area contributed by atoms with Gasteiger partial charge in [-0.15, -0.1) is 22.7 Å². The molecule has 0 spiro atoms. The van der Waals surface area contributed by atoms with Crippen LogP contribution in [0.1, 0.15) is 21.2 Å². The molecule has 1 nitrogen and oxygen atoms in total. The van der Waals surface area contributed by atoms with Crippen molar-refractivity contribution in [1.29, 1.82) is 0 Å². The van der Waals surface area contributed by atoms with Crippen LogP contribution in [0.25, 0.3) is 17.0 Å². The summed E-state index contributed by atoms with van der Waals surface area (Å²) in [6.45, 7) is 0. The van der Waals surface area contributed by atoms with E-state index in [2.05, 4.69) is 82.6 Å². The molecule has 1 unspecified atom stereocenters. The minimum atomic E-state index is 0.290. The van der Waals surface area contributed by atoms with Gasteiger partial charge in [-0.1, -0.05) is 36.4 Å². The molecule has 0 aliphatic rings. The van der Waals surface area contributed by atoms with Crippen molar-refractivity contribution < 1.29 is 0 Å². The Balaban J connectivity index is 1.80. The Bertz CT molecular complexity index is 883. The Labute approximate surface area is 137 Å². The molecule has 1 atom stereocenters. The summed E-state index contributed by atoms with van der Waals surface area (Å²) >= 11 is 3.59. The summed E-state index contributed by atoms with van der Waals surface area (Å²) in [7, 11) is 0. The van der Waals surface area contributed by atoms with E-state index in [0.717, 1.165) is 0 Å². The van der Waals surface area contributed by atoms with Gasteiger partial charge in [-0.25, -0.2) is 0 Å². The van der Waals surface area contributed by atoms with Crippen LogP contribution in [0.4, 0.5) is 0 Å². The fraction of sp³-hybridized carbons (Fsp3) is 0.0526. The second kappa shape index (κ2) is 5.95.